The summed E-state index contributed by atoms with van der Waals surface area (Å²) in [4.78, 5) is 12.0. The average molecular weight is 223 g/mol. The first-order chi connectivity index (χ1) is 7.38. The Kier molecular flexibility index (Phi) is 3.81. The van der Waals surface area contributed by atoms with E-state index in [1.165, 1.54) is 6.07 Å². The maximum Gasteiger partial charge on any atom is 0.182 e. The van der Waals surface area contributed by atoms with E-state index in [2.05, 4.69) is 0 Å². The van der Waals surface area contributed by atoms with Gasteiger partial charge >= 0.3 is 0 Å². The molecule has 1 rings (SSSR count). The zero-order valence-corrected chi connectivity index (χ0v) is 10.0. The predicted octanol–water partition coefficient (Wildman–Crippen LogP) is 2.83. The fourth-order valence-electron chi connectivity index (χ4n) is 1.70. The van der Waals surface area contributed by atoms with Crippen molar-refractivity contribution in [3.63, 3.8) is 0 Å². The summed E-state index contributed by atoms with van der Waals surface area (Å²) in [6, 6.07) is 4.49. The Bertz CT molecular complexity index is 399. The van der Waals surface area contributed by atoms with E-state index in [1.54, 1.807) is 26.0 Å². The first-order valence-electron chi connectivity index (χ1n) is 5.48. The van der Waals surface area contributed by atoms with Crippen molar-refractivity contribution in [3.05, 3.63) is 35.1 Å². The predicted molar refractivity (Wildman–Crippen MR) is 63.0 cm³/mol. The molecule has 0 bridgehead atoms. The summed E-state index contributed by atoms with van der Waals surface area (Å²) < 4.78 is 13.3. The molecule has 0 aromatic heterocycles. The molecule has 1 atom stereocenters. The van der Waals surface area contributed by atoms with Gasteiger partial charge in [-0.3, -0.25) is 4.79 Å². The lowest BCUT2D eigenvalue weighted by molar-refractivity contribution is 0.0892. The number of hydrogen-bond donors (Lipinski definition) is 1. The standard InChI is InChI=1S/C13H18FNO/c1-4-7-13(3,15)12(16)10-6-5-9(2)11(14)8-10/h5-6,8H,4,7,15H2,1-3H3. The normalized spacial score (nSPS) is 14.6. The quantitative estimate of drug-likeness (QED) is 0.797. The van der Waals surface area contributed by atoms with Crippen LogP contribution in [0.1, 0.15) is 42.6 Å². The Morgan fingerprint density at radius 3 is 2.62 bits per heavy atom. The van der Waals surface area contributed by atoms with Crippen molar-refractivity contribution in [2.45, 2.75) is 39.2 Å². The second kappa shape index (κ2) is 4.74. The summed E-state index contributed by atoms with van der Waals surface area (Å²) in [5.41, 5.74) is 5.89. The summed E-state index contributed by atoms with van der Waals surface area (Å²) >= 11 is 0. The number of halogens is 1. The van der Waals surface area contributed by atoms with Gasteiger partial charge in [0.05, 0.1) is 5.54 Å². The monoisotopic (exact) mass is 223 g/mol. The molecule has 1 aromatic carbocycles. The molecule has 0 saturated heterocycles. The molecule has 1 unspecified atom stereocenters. The van der Waals surface area contributed by atoms with E-state index in [0.29, 0.717) is 17.5 Å². The van der Waals surface area contributed by atoms with Crippen molar-refractivity contribution in [2.75, 3.05) is 0 Å². The maximum absolute atomic E-state index is 13.3. The van der Waals surface area contributed by atoms with Crippen molar-refractivity contribution < 1.29 is 9.18 Å². The Morgan fingerprint density at radius 2 is 2.12 bits per heavy atom. The SMILES string of the molecule is CCCC(C)(N)C(=O)c1ccc(C)c(F)c1. The Labute approximate surface area is 95.7 Å². The minimum absolute atomic E-state index is 0.201. The minimum atomic E-state index is -0.906. The van der Waals surface area contributed by atoms with Crippen molar-refractivity contribution in [3.8, 4) is 0 Å². The van der Waals surface area contributed by atoms with Crippen LogP contribution in [0.5, 0.6) is 0 Å². The van der Waals surface area contributed by atoms with E-state index in [4.69, 9.17) is 5.73 Å². The number of carbonyl (C=O) groups excluding carboxylic acids is 1. The van der Waals surface area contributed by atoms with Gasteiger partial charge in [-0.15, -0.1) is 0 Å². The lowest BCUT2D eigenvalue weighted by atomic mass is 9.88. The molecule has 0 radical (unpaired) electrons. The molecule has 3 heteroatoms. The second-order valence-electron chi connectivity index (χ2n) is 4.46. The third-order valence-electron chi connectivity index (χ3n) is 2.72. The topological polar surface area (TPSA) is 43.1 Å². The van der Waals surface area contributed by atoms with Crippen LogP contribution in [0.25, 0.3) is 0 Å². The van der Waals surface area contributed by atoms with Crippen molar-refractivity contribution in [2.24, 2.45) is 5.73 Å². The Balaban J connectivity index is 3.01. The molecule has 0 spiro atoms. The molecular formula is C13H18FNO. The molecule has 16 heavy (non-hydrogen) atoms. The molecule has 0 fully saturated rings. The average Bonchev–Trinajstić information content (AvgIpc) is 2.21. The molecule has 0 amide bonds. The maximum atomic E-state index is 13.3. The zero-order valence-electron chi connectivity index (χ0n) is 10.0. The molecule has 0 aliphatic heterocycles. The van der Waals surface area contributed by atoms with Gasteiger partial charge in [-0.2, -0.15) is 0 Å². The highest BCUT2D eigenvalue weighted by Crippen LogP contribution is 2.18. The third kappa shape index (κ3) is 2.67. The minimum Gasteiger partial charge on any atom is -0.319 e. The van der Waals surface area contributed by atoms with Crippen LogP contribution in [0.2, 0.25) is 0 Å². The van der Waals surface area contributed by atoms with Gasteiger partial charge in [-0.05, 0) is 31.9 Å². The first-order valence-corrected chi connectivity index (χ1v) is 5.48. The van der Waals surface area contributed by atoms with Crippen LogP contribution < -0.4 is 5.73 Å². The lowest BCUT2D eigenvalue weighted by Crippen LogP contribution is -2.44. The van der Waals surface area contributed by atoms with Crippen LogP contribution in [0.3, 0.4) is 0 Å². The molecule has 0 heterocycles. The van der Waals surface area contributed by atoms with Crippen molar-refractivity contribution >= 4 is 5.78 Å². The molecule has 2 nitrogen and oxygen atoms in total. The number of benzene rings is 1. The van der Waals surface area contributed by atoms with Crippen LogP contribution in [0.15, 0.2) is 18.2 Å². The lowest BCUT2D eigenvalue weighted by Gasteiger charge is -2.22. The van der Waals surface area contributed by atoms with E-state index in [1.807, 2.05) is 6.92 Å². The Morgan fingerprint density at radius 1 is 1.50 bits per heavy atom. The highest BCUT2D eigenvalue weighted by Gasteiger charge is 2.28. The van der Waals surface area contributed by atoms with Crippen LogP contribution in [0.4, 0.5) is 4.39 Å². The summed E-state index contributed by atoms with van der Waals surface area (Å²) in [6.45, 7) is 5.32. The van der Waals surface area contributed by atoms with Gasteiger partial charge < -0.3 is 5.73 Å². The molecule has 0 aliphatic carbocycles. The smallest absolute Gasteiger partial charge is 0.182 e. The van der Waals surface area contributed by atoms with E-state index >= 15 is 0 Å². The summed E-state index contributed by atoms with van der Waals surface area (Å²) in [5, 5.41) is 0. The van der Waals surface area contributed by atoms with Crippen LogP contribution >= 0.6 is 0 Å². The summed E-state index contributed by atoms with van der Waals surface area (Å²) in [5.74, 6) is -0.564. The fraction of sp³-hybridized carbons (Fsp3) is 0.462. The molecule has 0 aliphatic rings. The number of nitrogens with two attached hydrogens (primary N) is 1. The van der Waals surface area contributed by atoms with Gasteiger partial charge in [0.1, 0.15) is 5.82 Å². The highest BCUT2D eigenvalue weighted by atomic mass is 19.1. The number of aryl methyl sites for hydroxylation is 1. The van der Waals surface area contributed by atoms with E-state index in [-0.39, 0.29) is 11.6 Å². The van der Waals surface area contributed by atoms with Gasteiger partial charge in [0.2, 0.25) is 0 Å². The zero-order chi connectivity index (χ0) is 12.3. The van der Waals surface area contributed by atoms with Crippen molar-refractivity contribution in [1.29, 1.82) is 0 Å². The van der Waals surface area contributed by atoms with Gasteiger partial charge in [-0.25, -0.2) is 4.39 Å². The largest absolute Gasteiger partial charge is 0.319 e. The number of hydrogen-bond acceptors (Lipinski definition) is 2. The summed E-state index contributed by atoms with van der Waals surface area (Å²) in [7, 11) is 0. The molecule has 0 saturated carbocycles. The van der Waals surface area contributed by atoms with Gasteiger partial charge in [0.15, 0.2) is 5.78 Å². The Hall–Kier alpha value is -1.22. The van der Waals surface area contributed by atoms with Crippen LogP contribution in [-0.4, -0.2) is 11.3 Å². The summed E-state index contributed by atoms with van der Waals surface area (Å²) in [6.07, 6.45) is 1.43. The molecular weight excluding hydrogens is 205 g/mol. The third-order valence-corrected chi connectivity index (χ3v) is 2.72. The second-order valence-corrected chi connectivity index (χ2v) is 4.46. The van der Waals surface area contributed by atoms with Gasteiger partial charge in [-0.1, -0.05) is 25.5 Å². The van der Waals surface area contributed by atoms with E-state index in [9.17, 15) is 9.18 Å². The first kappa shape index (κ1) is 12.8. The van der Waals surface area contributed by atoms with E-state index in [0.717, 1.165) is 6.42 Å². The number of rotatable bonds is 4. The van der Waals surface area contributed by atoms with E-state index < -0.39 is 5.54 Å². The number of carbonyl (C=O) groups is 1. The van der Waals surface area contributed by atoms with Crippen LogP contribution in [-0.2, 0) is 0 Å². The number of ketones is 1. The molecule has 1 aromatic rings. The van der Waals surface area contributed by atoms with Crippen molar-refractivity contribution in [1.82, 2.24) is 0 Å². The molecule has 2 N–H and O–H groups in total. The highest BCUT2D eigenvalue weighted by molar-refractivity contribution is 6.02. The fourth-order valence-corrected chi connectivity index (χ4v) is 1.70. The molecule has 88 valence electrons. The van der Waals surface area contributed by atoms with Gasteiger partial charge in [0.25, 0.3) is 0 Å². The van der Waals surface area contributed by atoms with Crippen LogP contribution in [0, 0.1) is 12.7 Å². The number of Topliss-reactive ketones (excluding diaryl/α,β-unsaturated/α-hetero) is 1. The van der Waals surface area contributed by atoms with Gasteiger partial charge in [0, 0.05) is 5.56 Å².